The monoisotopic (exact) mass is 246 g/mol. The maximum absolute atomic E-state index is 13.0. The number of nitrogens with zero attached hydrogens (tertiary/aromatic N) is 2. The lowest BCUT2D eigenvalue weighted by molar-refractivity contribution is 0.619. The van der Waals surface area contributed by atoms with Gasteiger partial charge in [-0.1, -0.05) is 23.7 Å². The zero-order valence-corrected chi connectivity index (χ0v) is 9.53. The lowest BCUT2D eigenvalue weighted by Gasteiger charge is -1.95. The molecule has 2 nitrogen and oxygen atoms in total. The molecule has 17 heavy (non-hydrogen) atoms. The maximum atomic E-state index is 13.0. The molecule has 0 amide bonds. The molecule has 3 aromatic rings. The van der Waals surface area contributed by atoms with Crippen molar-refractivity contribution < 1.29 is 4.39 Å². The molecule has 2 aromatic heterocycles. The van der Waals surface area contributed by atoms with Crippen LogP contribution in [0.3, 0.4) is 0 Å². The van der Waals surface area contributed by atoms with Crippen molar-refractivity contribution in [3.8, 4) is 11.3 Å². The molecule has 2 heterocycles. The van der Waals surface area contributed by atoms with E-state index in [-0.39, 0.29) is 5.82 Å². The SMILES string of the molecule is Fc1ccc2nc(-c3cccc(Cl)c3)cn2c1. The first-order chi connectivity index (χ1) is 8.22. The van der Waals surface area contributed by atoms with Crippen LogP contribution in [-0.2, 0) is 0 Å². The van der Waals surface area contributed by atoms with Gasteiger partial charge in [0.25, 0.3) is 0 Å². The van der Waals surface area contributed by atoms with E-state index in [4.69, 9.17) is 11.6 Å². The third-order valence-corrected chi connectivity index (χ3v) is 2.77. The van der Waals surface area contributed by atoms with Gasteiger partial charge < -0.3 is 4.40 Å². The second kappa shape index (κ2) is 3.86. The number of hydrogen-bond acceptors (Lipinski definition) is 1. The molecule has 0 radical (unpaired) electrons. The summed E-state index contributed by atoms with van der Waals surface area (Å²) < 4.78 is 14.7. The number of aromatic nitrogens is 2. The third-order valence-electron chi connectivity index (χ3n) is 2.54. The summed E-state index contributed by atoms with van der Waals surface area (Å²) in [6, 6.07) is 10.5. The molecule has 84 valence electrons. The van der Waals surface area contributed by atoms with Crippen LogP contribution in [0.4, 0.5) is 4.39 Å². The molecule has 1 aromatic carbocycles. The summed E-state index contributed by atoms with van der Waals surface area (Å²) in [5.74, 6) is -0.285. The van der Waals surface area contributed by atoms with E-state index in [0.717, 1.165) is 11.3 Å². The van der Waals surface area contributed by atoms with Gasteiger partial charge in [0.2, 0.25) is 0 Å². The van der Waals surface area contributed by atoms with Crippen molar-refractivity contribution in [2.24, 2.45) is 0 Å². The molecule has 0 spiro atoms. The zero-order valence-electron chi connectivity index (χ0n) is 8.77. The number of pyridine rings is 1. The standard InChI is InChI=1S/C13H8ClFN2/c14-10-3-1-2-9(6-10)12-8-17-7-11(15)4-5-13(17)16-12/h1-8H. The first-order valence-corrected chi connectivity index (χ1v) is 5.50. The van der Waals surface area contributed by atoms with Crippen molar-refractivity contribution in [2.75, 3.05) is 0 Å². The smallest absolute Gasteiger partial charge is 0.139 e. The first-order valence-electron chi connectivity index (χ1n) is 5.12. The number of halogens is 2. The summed E-state index contributed by atoms with van der Waals surface area (Å²) in [7, 11) is 0. The Labute approximate surface area is 102 Å². The van der Waals surface area contributed by atoms with Gasteiger partial charge in [0.1, 0.15) is 11.5 Å². The van der Waals surface area contributed by atoms with Crippen LogP contribution >= 0.6 is 11.6 Å². The summed E-state index contributed by atoms with van der Waals surface area (Å²) in [6.45, 7) is 0. The fourth-order valence-electron chi connectivity index (χ4n) is 1.75. The van der Waals surface area contributed by atoms with Crippen molar-refractivity contribution in [3.63, 3.8) is 0 Å². The molecular weight excluding hydrogens is 239 g/mol. The Balaban J connectivity index is 2.18. The summed E-state index contributed by atoms with van der Waals surface area (Å²) in [5.41, 5.74) is 2.40. The highest BCUT2D eigenvalue weighted by molar-refractivity contribution is 6.30. The van der Waals surface area contributed by atoms with Crippen molar-refractivity contribution in [3.05, 3.63) is 59.6 Å². The van der Waals surface area contributed by atoms with E-state index in [0.29, 0.717) is 10.7 Å². The highest BCUT2D eigenvalue weighted by Gasteiger charge is 2.05. The van der Waals surface area contributed by atoms with Gasteiger partial charge >= 0.3 is 0 Å². The number of hydrogen-bond donors (Lipinski definition) is 0. The van der Waals surface area contributed by atoms with Crippen molar-refractivity contribution >= 4 is 17.2 Å². The predicted molar refractivity (Wildman–Crippen MR) is 65.6 cm³/mol. The Hall–Kier alpha value is -1.87. The van der Waals surface area contributed by atoms with Crippen LogP contribution in [0.15, 0.2) is 48.8 Å². The number of rotatable bonds is 1. The number of benzene rings is 1. The van der Waals surface area contributed by atoms with Gasteiger partial charge in [0.05, 0.1) is 5.69 Å². The molecule has 0 aliphatic heterocycles. The van der Waals surface area contributed by atoms with E-state index < -0.39 is 0 Å². The van der Waals surface area contributed by atoms with E-state index in [9.17, 15) is 4.39 Å². The van der Waals surface area contributed by atoms with Crippen LogP contribution in [0.2, 0.25) is 5.02 Å². The van der Waals surface area contributed by atoms with Gasteiger partial charge in [-0.05, 0) is 24.3 Å². The molecule has 0 saturated carbocycles. The van der Waals surface area contributed by atoms with E-state index in [1.807, 2.05) is 18.2 Å². The van der Waals surface area contributed by atoms with Crippen LogP contribution in [0.25, 0.3) is 16.9 Å². The topological polar surface area (TPSA) is 17.3 Å². The Kier molecular flexibility index (Phi) is 2.34. The van der Waals surface area contributed by atoms with Crippen LogP contribution in [0.5, 0.6) is 0 Å². The Morgan fingerprint density at radius 2 is 2.00 bits per heavy atom. The third kappa shape index (κ3) is 1.89. The van der Waals surface area contributed by atoms with Gasteiger partial charge in [-0.2, -0.15) is 0 Å². The largest absolute Gasteiger partial charge is 0.304 e. The average molecular weight is 247 g/mol. The molecule has 4 heteroatoms. The Morgan fingerprint density at radius 3 is 2.82 bits per heavy atom. The van der Waals surface area contributed by atoms with E-state index in [1.54, 1.807) is 22.7 Å². The average Bonchev–Trinajstić information content (AvgIpc) is 2.72. The molecule has 0 unspecified atom stereocenters. The summed E-state index contributed by atoms with van der Waals surface area (Å²) in [6.07, 6.45) is 3.18. The first kappa shape index (κ1) is 10.3. The highest BCUT2D eigenvalue weighted by atomic mass is 35.5. The minimum absolute atomic E-state index is 0.285. The van der Waals surface area contributed by atoms with E-state index in [1.165, 1.54) is 12.3 Å². The van der Waals surface area contributed by atoms with E-state index in [2.05, 4.69) is 4.98 Å². The lowest BCUT2D eigenvalue weighted by atomic mass is 10.2. The molecule has 0 bridgehead atoms. The van der Waals surface area contributed by atoms with Gasteiger partial charge in [-0.15, -0.1) is 0 Å². The van der Waals surface area contributed by atoms with Crippen molar-refractivity contribution in [2.45, 2.75) is 0 Å². The molecule has 0 saturated heterocycles. The van der Waals surface area contributed by atoms with Crippen LogP contribution in [-0.4, -0.2) is 9.38 Å². The lowest BCUT2D eigenvalue weighted by Crippen LogP contribution is -1.83. The van der Waals surface area contributed by atoms with E-state index >= 15 is 0 Å². The molecule has 0 aliphatic carbocycles. The molecule has 0 N–H and O–H groups in total. The normalized spacial score (nSPS) is 10.9. The van der Waals surface area contributed by atoms with Gasteiger partial charge in [-0.25, -0.2) is 9.37 Å². The second-order valence-corrected chi connectivity index (χ2v) is 4.19. The van der Waals surface area contributed by atoms with Crippen molar-refractivity contribution in [1.82, 2.24) is 9.38 Å². The number of imidazole rings is 1. The summed E-state index contributed by atoms with van der Waals surface area (Å²) in [5, 5.41) is 0.658. The quantitative estimate of drug-likeness (QED) is 0.639. The Bertz CT molecular complexity index is 691. The Morgan fingerprint density at radius 1 is 1.12 bits per heavy atom. The summed E-state index contributed by atoms with van der Waals surface area (Å²) >= 11 is 5.92. The minimum atomic E-state index is -0.285. The molecular formula is C13H8ClFN2. The fraction of sp³-hybridized carbons (Fsp3) is 0. The van der Waals surface area contributed by atoms with Crippen LogP contribution in [0, 0.1) is 5.82 Å². The van der Waals surface area contributed by atoms with Crippen LogP contribution < -0.4 is 0 Å². The molecule has 0 fully saturated rings. The van der Waals surface area contributed by atoms with Crippen LogP contribution in [0.1, 0.15) is 0 Å². The number of fused-ring (bicyclic) bond motifs is 1. The fourth-order valence-corrected chi connectivity index (χ4v) is 1.94. The zero-order chi connectivity index (χ0) is 11.8. The van der Waals surface area contributed by atoms with Gasteiger partial charge in [0, 0.05) is 23.0 Å². The molecule has 0 aliphatic rings. The maximum Gasteiger partial charge on any atom is 0.139 e. The van der Waals surface area contributed by atoms with Crippen molar-refractivity contribution in [1.29, 1.82) is 0 Å². The van der Waals surface area contributed by atoms with Gasteiger partial charge in [-0.3, -0.25) is 0 Å². The minimum Gasteiger partial charge on any atom is -0.304 e. The highest BCUT2D eigenvalue weighted by Crippen LogP contribution is 2.22. The second-order valence-electron chi connectivity index (χ2n) is 3.75. The molecule has 3 rings (SSSR count). The molecule has 0 atom stereocenters. The summed E-state index contributed by atoms with van der Waals surface area (Å²) in [4.78, 5) is 4.40. The predicted octanol–water partition coefficient (Wildman–Crippen LogP) is 3.79. The van der Waals surface area contributed by atoms with Gasteiger partial charge in [0.15, 0.2) is 0 Å².